The van der Waals surface area contributed by atoms with Gasteiger partial charge >= 0.3 is 16.4 Å². The third-order valence-corrected chi connectivity index (χ3v) is 7.48. The molecule has 0 atom stereocenters. The molecule has 31 heavy (non-hydrogen) atoms. The summed E-state index contributed by atoms with van der Waals surface area (Å²) < 4.78 is 131. The van der Waals surface area contributed by atoms with E-state index in [1.807, 2.05) is 0 Å². The average molecular weight is 494 g/mol. The zero-order valence-electron chi connectivity index (χ0n) is 15.7. The van der Waals surface area contributed by atoms with Crippen molar-refractivity contribution in [2.45, 2.75) is 22.9 Å². The summed E-state index contributed by atoms with van der Waals surface area (Å²) in [4.78, 5) is 0.907. The molecule has 0 saturated carbocycles. The molecule has 2 aromatic carbocycles. The standard InChI is InChI=1S/C17H14F8N2O2S2/c1-3-30(28,29)15-8-10(17(18,19)20)4-6-12(15)16-26-13-9-11(31(21,22,23,24)25)5-7-14(13)27(16)2/h4-9H,3H2,1-2H3. The highest BCUT2D eigenvalue weighted by atomic mass is 32.5. The first-order valence-corrected chi connectivity index (χ1v) is 12.0. The van der Waals surface area contributed by atoms with E-state index in [0.29, 0.717) is 12.1 Å². The Bertz CT molecular complexity index is 1310. The SMILES string of the molecule is CCS(=O)(=O)c1cc(C(F)(F)F)ccc1-c1nc2cc(S(F)(F)(F)(F)F)ccc2n1C. The normalized spacial score (nSPS) is 15.7. The lowest BCUT2D eigenvalue weighted by Gasteiger charge is -2.40. The molecule has 0 radical (unpaired) electrons. The van der Waals surface area contributed by atoms with Gasteiger partial charge in [-0.25, -0.2) is 13.4 Å². The minimum atomic E-state index is -10.0. The van der Waals surface area contributed by atoms with Gasteiger partial charge in [0.05, 0.1) is 27.2 Å². The Hall–Kier alpha value is -2.35. The van der Waals surface area contributed by atoms with Gasteiger partial charge in [0.1, 0.15) is 10.7 Å². The van der Waals surface area contributed by atoms with Crippen LogP contribution in [0.15, 0.2) is 46.2 Å². The van der Waals surface area contributed by atoms with Crippen molar-refractivity contribution in [1.29, 1.82) is 0 Å². The lowest BCUT2D eigenvalue weighted by Crippen LogP contribution is -2.11. The summed E-state index contributed by atoms with van der Waals surface area (Å²) in [7, 11) is -12.9. The number of rotatable bonds is 4. The molecule has 0 aliphatic rings. The molecule has 1 aromatic heterocycles. The first-order valence-electron chi connectivity index (χ1n) is 8.39. The lowest BCUT2D eigenvalue weighted by atomic mass is 10.1. The molecule has 0 bridgehead atoms. The Morgan fingerprint density at radius 1 is 1.00 bits per heavy atom. The fraction of sp³-hybridized carbons (Fsp3) is 0.235. The van der Waals surface area contributed by atoms with Crippen LogP contribution in [-0.4, -0.2) is 23.7 Å². The molecular formula is C17H14F8N2O2S2. The van der Waals surface area contributed by atoms with Crippen LogP contribution in [0.3, 0.4) is 0 Å². The number of aryl methyl sites for hydroxylation is 1. The van der Waals surface area contributed by atoms with E-state index in [1.165, 1.54) is 14.0 Å². The van der Waals surface area contributed by atoms with E-state index >= 15 is 0 Å². The highest BCUT2D eigenvalue weighted by Crippen LogP contribution is 3.02. The molecule has 0 fully saturated rings. The topological polar surface area (TPSA) is 52.0 Å². The molecule has 0 saturated heterocycles. The van der Waals surface area contributed by atoms with E-state index in [9.17, 15) is 41.0 Å². The van der Waals surface area contributed by atoms with Gasteiger partial charge < -0.3 is 4.57 Å². The van der Waals surface area contributed by atoms with Gasteiger partial charge in [-0.05, 0) is 36.4 Å². The number of imidazole rings is 1. The molecule has 0 unspecified atom stereocenters. The summed E-state index contributed by atoms with van der Waals surface area (Å²) >= 11 is 0. The van der Waals surface area contributed by atoms with Crippen LogP contribution in [0, 0.1) is 0 Å². The average Bonchev–Trinajstić information content (AvgIpc) is 2.95. The third-order valence-electron chi connectivity index (χ3n) is 4.56. The van der Waals surface area contributed by atoms with E-state index in [4.69, 9.17) is 0 Å². The summed E-state index contributed by atoms with van der Waals surface area (Å²) in [6, 6.07) is 2.87. The molecule has 172 valence electrons. The maximum atomic E-state index is 13.1. The molecule has 1 heterocycles. The van der Waals surface area contributed by atoms with Crippen LogP contribution in [0.2, 0.25) is 0 Å². The number of halogens is 8. The Morgan fingerprint density at radius 3 is 2.13 bits per heavy atom. The molecule has 0 spiro atoms. The van der Waals surface area contributed by atoms with Crippen LogP contribution in [0.4, 0.5) is 32.6 Å². The molecule has 14 heteroatoms. The Labute approximate surface area is 171 Å². The van der Waals surface area contributed by atoms with Gasteiger partial charge in [0, 0.05) is 12.6 Å². The van der Waals surface area contributed by atoms with Crippen molar-refractivity contribution in [2.24, 2.45) is 7.05 Å². The number of aromatic nitrogens is 2. The van der Waals surface area contributed by atoms with Crippen LogP contribution >= 0.6 is 10.2 Å². The Balaban J connectivity index is 2.33. The summed E-state index contributed by atoms with van der Waals surface area (Å²) in [6.45, 7) is 1.20. The van der Waals surface area contributed by atoms with Gasteiger partial charge in [-0.15, -0.1) is 0 Å². The van der Waals surface area contributed by atoms with Crippen LogP contribution < -0.4 is 0 Å². The Kier molecular flexibility index (Phi) is 4.60. The van der Waals surface area contributed by atoms with Crippen LogP contribution in [-0.2, 0) is 23.1 Å². The predicted octanol–water partition coefficient (Wildman–Crippen LogP) is 6.71. The summed E-state index contributed by atoms with van der Waals surface area (Å²) in [5.74, 6) is -0.852. The number of sulfone groups is 1. The molecule has 0 aliphatic heterocycles. The summed E-state index contributed by atoms with van der Waals surface area (Å²) in [6.07, 6.45) is -4.85. The van der Waals surface area contributed by atoms with Gasteiger partial charge in [-0.1, -0.05) is 26.4 Å². The second kappa shape index (κ2) is 6.12. The van der Waals surface area contributed by atoms with Crippen LogP contribution in [0.5, 0.6) is 0 Å². The van der Waals surface area contributed by atoms with Gasteiger partial charge in [0.15, 0.2) is 9.84 Å². The van der Waals surface area contributed by atoms with Crippen molar-refractivity contribution in [3.05, 3.63) is 42.0 Å². The van der Waals surface area contributed by atoms with E-state index in [2.05, 4.69) is 4.98 Å². The second-order valence-electron chi connectivity index (χ2n) is 6.73. The van der Waals surface area contributed by atoms with Gasteiger partial charge in [0.2, 0.25) is 0 Å². The smallest absolute Gasteiger partial charge is 0.327 e. The van der Waals surface area contributed by atoms with E-state index in [-0.39, 0.29) is 29.0 Å². The van der Waals surface area contributed by atoms with E-state index in [1.54, 1.807) is 0 Å². The van der Waals surface area contributed by atoms with Crippen molar-refractivity contribution in [1.82, 2.24) is 9.55 Å². The quantitative estimate of drug-likeness (QED) is 0.379. The summed E-state index contributed by atoms with van der Waals surface area (Å²) in [5.41, 5.74) is -2.13. The number of fused-ring (bicyclic) bond motifs is 1. The number of alkyl halides is 3. The second-order valence-corrected chi connectivity index (χ2v) is 11.4. The first kappa shape index (κ1) is 23.3. The van der Waals surface area contributed by atoms with Gasteiger partial charge in [-0.3, -0.25) is 0 Å². The van der Waals surface area contributed by atoms with Crippen molar-refractivity contribution >= 4 is 31.1 Å². The Morgan fingerprint density at radius 2 is 1.61 bits per heavy atom. The number of benzene rings is 2. The van der Waals surface area contributed by atoms with Crippen molar-refractivity contribution in [3.63, 3.8) is 0 Å². The zero-order valence-corrected chi connectivity index (χ0v) is 17.4. The minimum absolute atomic E-state index is 0.0552. The maximum Gasteiger partial charge on any atom is 0.416 e. The zero-order chi connectivity index (χ0) is 23.7. The van der Waals surface area contributed by atoms with Crippen molar-refractivity contribution in [2.75, 3.05) is 5.75 Å². The fourth-order valence-electron chi connectivity index (χ4n) is 2.96. The monoisotopic (exact) mass is 494 g/mol. The van der Waals surface area contributed by atoms with Gasteiger partial charge in [0.25, 0.3) is 0 Å². The molecule has 0 amide bonds. The van der Waals surface area contributed by atoms with Crippen LogP contribution in [0.25, 0.3) is 22.4 Å². The largest absolute Gasteiger partial charge is 0.416 e. The number of nitrogens with zero attached hydrogens (tertiary/aromatic N) is 2. The summed E-state index contributed by atoms with van der Waals surface area (Å²) in [5, 5.41) is 0. The third kappa shape index (κ3) is 4.35. The first-order chi connectivity index (χ1) is 13.7. The lowest BCUT2D eigenvalue weighted by molar-refractivity contribution is -0.137. The van der Waals surface area contributed by atoms with Crippen LogP contribution in [0.1, 0.15) is 12.5 Å². The number of hydrogen-bond donors (Lipinski definition) is 0. The van der Waals surface area contributed by atoms with E-state index < -0.39 is 52.9 Å². The predicted molar refractivity (Wildman–Crippen MR) is 100 cm³/mol. The molecule has 3 rings (SSSR count). The maximum absolute atomic E-state index is 13.1. The highest BCUT2D eigenvalue weighted by molar-refractivity contribution is 8.45. The number of hydrogen-bond acceptors (Lipinski definition) is 3. The highest BCUT2D eigenvalue weighted by Gasteiger charge is 2.65. The molecule has 3 aromatic rings. The van der Waals surface area contributed by atoms with Crippen molar-refractivity contribution in [3.8, 4) is 11.4 Å². The molecule has 0 N–H and O–H groups in total. The molecule has 0 aliphatic carbocycles. The molecular weight excluding hydrogens is 480 g/mol. The fourth-order valence-corrected chi connectivity index (χ4v) is 4.73. The van der Waals surface area contributed by atoms with Gasteiger partial charge in [-0.2, -0.15) is 13.2 Å². The van der Waals surface area contributed by atoms with Crippen molar-refractivity contribution < 1.29 is 41.0 Å². The molecule has 4 nitrogen and oxygen atoms in total. The minimum Gasteiger partial charge on any atom is -0.327 e. The van der Waals surface area contributed by atoms with E-state index in [0.717, 1.165) is 16.7 Å².